The molecule has 10 heteroatoms. The monoisotopic (exact) mass is 546 g/mol. The van der Waals surface area contributed by atoms with Gasteiger partial charge in [0.05, 0.1) is 12.9 Å². The van der Waals surface area contributed by atoms with Crippen LogP contribution in [0.2, 0.25) is 0 Å². The van der Waals surface area contributed by atoms with E-state index in [0.29, 0.717) is 48.4 Å². The molecule has 1 fully saturated rings. The van der Waals surface area contributed by atoms with Gasteiger partial charge in [0.2, 0.25) is 0 Å². The molecule has 4 aromatic rings. The molecule has 2 aromatic heterocycles. The van der Waals surface area contributed by atoms with Crippen molar-refractivity contribution in [1.29, 1.82) is 0 Å². The number of aliphatic hydroxyl groups excluding tert-OH is 2. The van der Waals surface area contributed by atoms with Crippen LogP contribution in [0.4, 0.5) is 5.82 Å². The number of hydrogen-bond donors (Lipinski definition) is 4. The predicted octanol–water partition coefficient (Wildman–Crippen LogP) is 2.88. The molecular formula is C30H38N6O4. The summed E-state index contributed by atoms with van der Waals surface area (Å²) >= 11 is 0. The molecule has 40 heavy (non-hydrogen) atoms. The number of imidazole rings is 1. The lowest BCUT2D eigenvalue weighted by Gasteiger charge is -2.20. The molecular weight excluding hydrogens is 508 g/mol. The zero-order valence-corrected chi connectivity index (χ0v) is 23.1. The predicted molar refractivity (Wildman–Crippen MR) is 153 cm³/mol. The fourth-order valence-corrected chi connectivity index (χ4v) is 5.11. The summed E-state index contributed by atoms with van der Waals surface area (Å²) in [4.78, 5) is 14.3. The van der Waals surface area contributed by atoms with Crippen LogP contribution in [0.1, 0.15) is 42.9 Å². The van der Waals surface area contributed by atoms with Crippen molar-refractivity contribution >= 4 is 17.0 Å². The van der Waals surface area contributed by atoms with E-state index < -0.39 is 24.5 Å². The average Bonchev–Trinajstić information content (AvgIpc) is 3.50. The summed E-state index contributed by atoms with van der Waals surface area (Å²) in [6, 6.07) is 21.1. The normalized spacial score (nSPS) is 21.1. The SMILES string of the molecule is COC[C@H]1O[C@@H](n2cnc3c(NCC(c4ccccc4)c4ccccc4)nc(CCNC(C)C)nc32)[C@H](O)[C@@H]1O. The molecule has 3 heterocycles. The van der Waals surface area contributed by atoms with Crippen molar-refractivity contribution in [1.82, 2.24) is 24.8 Å². The van der Waals surface area contributed by atoms with Gasteiger partial charge in [-0.05, 0) is 11.1 Å². The third kappa shape index (κ3) is 6.16. The quantitative estimate of drug-likeness (QED) is 0.212. The van der Waals surface area contributed by atoms with Gasteiger partial charge in [-0.3, -0.25) is 4.57 Å². The Labute approximate surface area is 234 Å². The number of benzene rings is 2. The first-order valence-corrected chi connectivity index (χ1v) is 13.8. The van der Waals surface area contributed by atoms with Crippen LogP contribution in [0.5, 0.6) is 0 Å². The fourth-order valence-electron chi connectivity index (χ4n) is 5.11. The van der Waals surface area contributed by atoms with Gasteiger partial charge in [-0.25, -0.2) is 15.0 Å². The number of fused-ring (bicyclic) bond motifs is 1. The Morgan fingerprint density at radius 1 is 0.975 bits per heavy atom. The minimum Gasteiger partial charge on any atom is -0.387 e. The van der Waals surface area contributed by atoms with Crippen molar-refractivity contribution in [3.05, 3.63) is 83.9 Å². The van der Waals surface area contributed by atoms with E-state index in [0.717, 1.165) is 0 Å². The van der Waals surface area contributed by atoms with E-state index in [-0.39, 0.29) is 12.5 Å². The molecule has 0 aliphatic carbocycles. The van der Waals surface area contributed by atoms with E-state index in [1.165, 1.54) is 18.2 Å². The van der Waals surface area contributed by atoms with Gasteiger partial charge in [-0.2, -0.15) is 0 Å². The number of ether oxygens (including phenoxy) is 2. The summed E-state index contributed by atoms with van der Waals surface area (Å²) in [7, 11) is 1.53. The highest BCUT2D eigenvalue weighted by molar-refractivity contribution is 5.83. The molecule has 0 unspecified atom stereocenters. The van der Waals surface area contributed by atoms with Crippen molar-refractivity contribution in [3.63, 3.8) is 0 Å². The van der Waals surface area contributed by atoms with Crippen LogP contribution >= 0.6 is 0 Å². The molecule has 0 saturated carbocycles. The first kappa shape index (κ1) is 28.1. The summed E-state index contributed by atoms with van der Waals surface area (Å²) in [5.74, 6) is 1.34. The topological polar surface area (TPSA) is 127 Å². The molecule has 5 rings (SSSR count). The molecule has 0 spiro atoms. The number of aliphatic hydroxyl groups is 2. The third-order valence-corrected chi connectivity index (χ3v) is 7.19. The summed E-state index contributed by atoms with van der Waals surface area (Å²) in [5.41, 5.74) is 3.49. The fraction of sp³-hybridized carbons (Fsp3) is 0.433. The second-order valence-electron chi connectivity index (χ2n) is 10.4. The highest BCUT2D eigenvalue weighted by atomic mass is 16.6. The minimum atomic E-state index is -1.16. The molecule has 0 bridgehead atoms. The molecule has 212 valence electrons. The van der Waals surface area contributed by atoms with Crippen LogP contribution in [0.25, 0.3) is 11.2 Å². The van der Waals surface area contributed by atoms with Crippen LogP contribution in [-0.2, 0) is 15.9 Å². The smallest absolute Gasteiger partial charge is 0.167 e. The maximum Gasteiger partial charge on any atom is 0.167 e. The van der Waals surface area contributed by atoms with Gasteiger partial charge in [0.25, 0.3) is 0 Å². The average molecular weight is 547 g/mol. The second-order valence-corrected chi connectivity index (χ2v) is 10.4. The van der Waals surface area contributed by atoms with Gasteiger partial charge >= 0.3 is 0 Å². The van der Waals surface area contributed by atoms with E-state index in [2.05, 4.69) is 53.7 Å². The zero-order chi connectivity index (χ0) is 28.1. The van der Waals surface area contributed by atoms with Crippen molar-refractivity contribution in [3.8, 4) is 0 Å². The molecule has 4 N–H and O–H groups in total. The lowest BCUT2D eigenvalue weighted by Crippen LogP contribution is -2.33. The summed E-state index contributed by atoms with van der Waals surface area (Å²) < 4.78 is 12.8. The Morgan fingerprint density at radius 3 is 2.27 bits per heavy atom. The third-order valence-electron chi connectivity index (χ3n) is 7.19. The Kier molecular flexibility index (Phi) is 9.03. The molecule has 1 aliphatic rings. The Balaban J connectivity index is 1.48. The highest BCUT2D eigenvalue weighted by Crippen LogP contribution is 2.33. The van der Waals surface area contributed by atoms with E-state index in [1.54, 1.807) is 10.9 Å². The molecule has 0 radical (unpaired) electrons. The maximum atomic E-state index is 10.8. The largest absolute Gasteiger partial charge is 0.387 e. The molecule has 1 saturated heterocycles. The number of aromatic nitrogens is 4. The van der Waals surface area contributed by atoms with Gasteiger partial charge in [0, 0.05) is 38.6 Å². The second kappa shape index (κ2) is 12.8. The molecule has 1 aliphatic heterocycles. The number of methoxy groups -OCH3 is 1. The van der Waals surface area contributed by atoms with E-state index in [4.69, 9.17) is 19.4 Å². The number of anilines is 1. The van der Waals surface area contributed by atoms with E-state index in [1.807, 2.05) is 36.4 Å². The Hall–Kier alpha value is -3.41. The number of nitrogens with zero attached hydrogens (tertiary/aromatic N) is 4. The molecule has 10 nitrogen and oxygen atoms in total. The van der Waals surface area contributed by atoms with Crippen LogP contribution in [0, 0.1) is 0 Å². The van der Waals surface area contributed by atoms with Gasteiger partial charge in [-0.1, -0.05) is 74.5 Å². The van der Waals surface area contributed by atoms with E-state index in [9.17, 15) is 10.2 Å². The van der Waals surface area contributed by atoms with Crippen LogP contribution < -0.4 is 10.6 Å². The lowest BCUT2D eigenvalue weighted by atomic mass is 9.91. The summed E-state index contributed by atoms with van der Waals surface area (Å²) in [6.07, 6.45) is -1.57. The highest BCUT2D eigenvalue weighted by Gasteiger charge is 2.44. The molecule has 4 atom stereocenters. The molecule has 2 aromatic carbocycles. The van der Waals surface area contributed by atoms with Crippen molar-refractivity contribution in [2.24, 2.45) is 0 Å². The number of hydrogen-bond acceptors (Lipinski definition) is 9. The first-order valence-electron chi connectivity index (χ1n) is 13.8. The Bertz CT molecular complexity index is 1330. The van der Waals surface area contributed by atoms with Crippen LogP contribution in [0.3, 0.4) is 0 Å². The maximum absolute atomic E-state index is 10.8. The zero-order valence-electron chi connectivity index (χ0n) is 23.1. The first-order chi connectivity index (χ1) is 19.5. The van der Waals surface area contributed by atoms with Gasteiger partial charge in [0.1, 0.15) is 24.1 Å². The number of rotatable bonds is 12. The van der Waals surface area contributed by atoms with Crippen LogP contribution in [0.15, 0.2) is 67.0 Å². The minimum absolute atomic E-state index is 0.0884. The van der Waals surface area contributed by atoms with Gasteiger partial charge in [0.15, 0.2) is 23.2 Å². The standard InChI is InChI=1S/C30H38N6O4/c1-19(2)31-15-14-24-34-28(32-16-22(20-10-6-4-7-11-20)21-12-8-5-9-13-21)25-29(35-24)36(18-33-25)30-27(38)26(37)23(40-30)17-39-3/h4-13,18-19,22-23,26-27,30-31,37-38H,14-17H2,1-3H3,(H,32,34,35)/t23-,26-,27-,30-/m1/s1. The van der Waals surface area contributed by atoms with E-state index >= 15 is 0 Å². The van der Waals surface area contributed by atoms with Crippen molar-refractivity contribution < 1.29 is 19.7 Å². The molecule has 0 amide bonds. The van der Waals surface area contributed by atoms with Gasteiger partial charge in [-0.15, -0.1) is 0 Å². The summed E-state index contributed by atoms with van der Waals surface area (Å²) in [5, 5.41) is 28.3. The van der Waals surface area contributed by atoms with Crippen LogP contribution in [-0.4, -0.2) is 80.9 Å². The lowest BCUT2D eigenvalue weighted by molar-refractivity contribution is -0.0580. The van der Waals surface area contributed by atoms with Gasteiger partial charge < -0.3 is 30.3 Å². The summed E-state index contributed by atoms with van der Waals surface area (Å²) in [6.45, 7) is 5.66. The number of nitrogens with one attached hydrogen (secondary N) is 2. The Morgan fingerprint density at radius 2 is 1.65 bits per heavy atom. The van der Waals surface area contributed by atoms with Crippen molar-refractivity contribution in [2.45, 2.75) is 56.8 Å². The van der Waals surface area contributed by atoms with Crippen molar-refractivity contribution in [2.75, 3.05) is 32.1 Å².